The van der Waals surface area contributed by atoms with Crippen LogP contribution in [0.25, 0.3) is 0 Å². The van der Waals surface area contributed by atoms with Crippen LogP contribution < -0.4 is 5.32 Å². The molecule has 0 aromatic rings. The summed E-state index contributed by atoms with van der Waals surface area (Å²) in [6.45, 7) is 13.4. The van der Waals surface area contributed by atoms with Crippen molar-refractivity contribution in [3.05, 3.63) is 0 Å². The molecule has 1 N–H and O–H groups in total. The molecule has 2 unspecified atom stereocenters. The van der Waals surface area contributed by atoms with Crippen molar-refractivity contribution in [2.45, 2.75) is 45.4 Å². The Hall–Kier alpha value is -0.420. The Morgan fingerprint density at radius 1 is 1.43 bits per heavy atom. The number of hydrogen-bond acceptors (Lipinski definition) is 3. The van der Waals surface area contributed by atoms with Gasteiger partial charge in [0.1, 0.15) is 0 Å². The zero-order valence-electron chi connectivity index (χ0n) is 14.7. The molecule has 1 saturated heterocycles. The fraction of sp³-hybridized carbons (Fsp3) is 0.938. The first-order valence-corrected chi connectivity index (χ1v) is 9.31. The zero-order valence-corrected chi connectivity index (χ0v) is 15.5. The molecule has 1 aliphatic rings. The van der Waals surface area contributed by atoms with Crippen molar-refractivity contribution in [3.63, 3.8) is 0 Å². The molecule has 1 aliphatic heterocycles. The van der Waals surface area contributed by atoms with Gasteiger partial charge in [-0.1, -0.05) is 20.8 Å². The van der Waals surface area contributed by atoms with E-state index >= 15 is 0 Å². The molecule has 1 fully saturated rings. The molecule has 0 aromatic carbocycles. The summed E-state index contributed by atoms with van der Waals surface area (Å²) in [5, 5.41) is 4.26. The first-order chi connectivity index (χ1) is 9.99. The van der Waals surface area contributed by atoms with Gasteiger partial charge in [-0.05, 0) is 26.3 Å². The second-order valence-corrected chi connectivity index (χ2v) is 7.66. The van der Waals surface area contributed by atoms with Gasteiger partial charge in [0.15, 0.2) is 5.96 Å². The SMILES string of the molecule is CCC(C)N(C)CCNC(=NC)N1CCSC(C(C)C)C1. The Bertz CT molecular complexity index is 319. The lowest BCUT2D eigenvalue weighted by Gasteiger charge is -2.36. The molecule has 0 aromatic heterocycles. The maximum Gasteiger partial charge on any atom is 0.193 e. The van der Waals surface area contributed by atoms with E-state index in [0.29, 0.717) is 6.04 Å². The van der Waals surface area contributed by atoms with E-state index in [4.69, 9.17) is 0 Å². The number of aliphatic imine (C=N–C) groups is 1. The summed E-state index contributed by atoms with van der Waals surface area (Å²) < 4.78 is 0. The van der Waals surface area contributed by atoms with Crippen LogP contribution in [0.4, 0.5) is 0 Å². The van der Waals surface area contributed by atoms with Gasteiger partial charge in [0.25, 0.3) is 0 Å². The largest absolute Gasteiger partial charge is 0.355 e. The number of nitrogens with zero attached hydrogens (tertiary/aromatic N) is 3. The van der Waals surface area contributed by atoms with Crippen LogP contribution in [-0.4, -0.2) is 73.1 Å². The summed E-state index contributed by atoms with van der Waals surface area (Å²) in [5.74, 6) is 3.00. The van der Waals surface area contributed by atoms with E-state index in [2.05, 4.69) is 66.6 Å². The third-order valence-corrected chi connectivity index (χ3v) is 5.98. The first kappa shape index (κ1) is 18.6. The third kappa shape index (κ3) is 6.07. The van der Waals surface area contributed by atoms with Crippen molar-refractivity contribution in [3.8, 4) is 0 Å². The summed E-state index contributed by atoms with van der Waals surface area (Å²) in [7, 11) is 4.10. The van der Waals surface area contributed by atoms with Crippen molar-refractivity contribution < 1.29 is 0 Å². The summed E-state index contributed by atoms with van der Waals surface area (Å²) in [6, 6.07) is 0.644. The van der Waals surface area contributed by atoms with Crippen molar-refractivity contribution in [1.82, 2.24) is 15.1 Å². The van der Waals surface area contributed by atoms with E-state index in [0.717, 1.165) is 43.3 Å². The molecule has 0 amide bonds. The normalized spacial score (nSPS) is 22.0. The van der Waals surface area contributed by atoms with Crippen molar-refractivity contribution in [2.24, 2.45) is 10.9 Å². The fourth-order valence-electron chi connectivity index (χ4n) is 2.48. The smallest absolute Gasteiger partial charge is 0.193 e. The van der Waals surface area contributed by atoms with Gasteiger partial charge in [0.05, 0.1) is 0 Å². The predicted octanol–water partition coefficient (Wildman–Crippen LogP) is 2.37. The summed E-state index contributed by atoms with van der Waals surface area (Å²) in [4.78, 5) is 9.30. The van der Waals surface area contributed by atoms with Gasteiger partial charge in [0, 0.05) is 50.3 Å². The number of likely N-dealkylation sites (N-methyl/N-ethyl adjacent to an activating group) is 1. The van der Waals surface area contributed by atoms with E-state index in [-0.39, 0.29) is 0 Å². The average molecular weight is 315 g/mol. The van der Waals surface area contributed by atoms with Crippen molar-refractivity contribution in [1.29, 1.82) is 0 Å². The molecule has 0 radical (unpaired) electrons. The van der Waals surface area contributed by atoms with Crippen LogP contribution in [0.2, 0.25) is 0 Å². The Balaban J connectivity index is 2.41. The summed E-state index contributed by atoms with van der Waals surface area (Å²) >= 11 is 2.11. The van der Waals surface area contributed by atoms with Gasteiger partial charge in [0.2, 0.25) is 0 Å². The molecule has 1 rings (SSSR count). The number of hydrogen-bond donors (Lipinski definition) is 1. The predicted molar refractivity (Wildman–Crippen MR) is 96.4 cm³/mol. The molecule has 1 heterocycles. The van der Waals surface area contributed by atoms with Gasteiger partial charge >= 0.3 is 0 Å². The van der Waals surface area contributed by atoms with Crippen molar-refractivity contribution >= 4 is 17.7 Å². The van der Waals surface area contributed by atoms with Crippen LogP contribution in [-0.2, 0) is 0 Å². The minimum atomic E-state index is 0.644. The topological polar surface area (TPSA) is 30.9 Å². The second-order valence-electron chi connectivity index (χ2n) is 6.31. The highest BCUT2D eigenvalue weighted by molar-refractivity contribution is 8.00. The lowest BCUT2D eigenvalue weighted by molar-refractivity contribution is 0.254. The molecule has 0 saturated carbocycles. The molecule has 5 heteroatoms. The van der Waals surface area contributed by atoms with Crippen molar-refractivity contribution in [2.75, 3.05) is 46.0 Å². The van der Waals surface area contributed by atoms with E-state index in [1.165, 1.54) is 12.2 Å². The molecule has 2 atom stereocenters. The molecule has 0 bridgehead atoms. The van der Waals surface area contributed by atoms with Gasteiger partial charge in [-0.15, -0.1) is 0 Å². The Morgan fingerprint density at radius 2 is 2.14 bits per heavy atom. The molecule has 124 valence electrons. The maximum absolute atomic E-state index is 4.47. The zero-order chi connectivity index (χ0) is 15.8. The van der Waals surface area contributed by atoms with E-state index in [1.807, 2.05) is 7.05 Å². The van der Waals surface area contributed by atoms with Crippen LogP contribution in [0.5, 0.6) is 0 Å². The average Bonchev–Trinajstić information content (AvgIpc) is 2.50. The summed E-state index contributed by atoms with van der Waals surface area (Å²) in [6.07, 6.45) is 1.20. The van der Waals surface area contributed by atoms with E-state index in [9.17, 15) is 0 Å². The van der Waals surface area contributed by atoms with Gasteiger partial charge in [-0.3, -0.25) is 4.99 Å². The number of nitrogens with one attached hydrogen (secondary N) is 1. The Morgan fingerprint density at radius 3 is 2.71 bits per heavy atom. The highest BCUT2D eigenvalue weighted by Gasteiger charge is 2.24. The van der Waals surface area contributed by atoms with Gasteiger partial charge in [-0.2, -0.15) is 11.8 Å². The molecule has 0 spiro atoms. The first-order valence-electron chi connectivity index (χ1n) is 8.27. The molecule has 4 nitrogen and oxygen atoms in total. The molecule has 21 heavy (non-hydrogen) atoms. The van der Waals surface area contributed by atoms with Crippen LogP contribution in [0, 0.1) is 5.92 Å². The molecule has 0 aliphatic carbocycles. The number of thioether (sulfide) groups is 1. The number of guanidine groups is 1. The minimum Gasteiger partial charge on any atom is -0.355 e. The highest BCUT2D eigenvalue weighted by Crippen LogP contribution is 2.24. The fourth-order valence-corrected chi connectivity index (χ4v) is 3.78. The van der Waals surface area contributed by atoms with Crippen LogP contribution in [0.3, 0.4) is 0 Å². The summed E-state index contributed by atoms with van der Waals surface area (Å²) in [5.41, 5.74) is 0. The Labute approximate surface area is 135 Å². The van der Waals surface area contributed by atoms with Gasteiger partial charge in [-0.25, -0.2) is 0 Å². The van der Waals surface area contributed by atoms with Crippen LogP contribution in [0.1, 0.15) is 34.1 Å². The monoisotopic (exact) mass is 314 g/mol. The standard InChI is InChI=1S/C16H34N4S/c1-7-14(4)19(6)9-8-18-16(17-5)20-10-11-21-15(12-20)13(2)3/h13-15H,7-12H2,1-6H3,(H,17,18). The van der Waals surface area contributed by atoms with E-state index < -0.39 is 0 Å². The Kier molecular flexibility index (Phi) is 8.49. The van der Waals surface area contributed by atoms with E-state index in [1.54, 1.807) is 0 Å². The second kappa shape index (κ2) is 9.57. The van der Waals surface area contributed by atoms with Crippen LogP contribution in [0.15, 0.2) is 4.99 Å². The quantitative estimate of drug-likeness (QED) is 0.602. The third-order valence-electron chi connectivity index (χ3n) is 4.44. The van der Waals surface area contributed by atoms with Crippen LogP contribution >= 0.6 is 11.8 Å². The lowest BCUT2D eigenvalue weighted by Crippen LogP contribution is -2.50. The molecular weight excluding hydrogens is 280 g/mol. The number of rotatable bonds is 6. The minimum absolute atomic E-state index is 0.644. The molecular formula is C16H34N4S. The highest BCUT2D eigenvalue weighted by atomic mass is 32.2. The van der Waals surface area contributed by atoms with Gasteiger partial charge < -0.3 is 15.1 Å². The lowest BCUT2D eigenvalue weighted by atomic mass is 10.1. The maximum atomic E-state index is 4.47.